The van der Waals surface area contributed by atoms with Gasteiger partial charge in [0.05, 0.1) is 15.6 Å². The molecule has 0 unspecified atom stereocenters. The van der Waals surface area contributed by atoms with Crippen molar-refractivity contribution in [1.82, 2.24) is 4.90 Å². The van der Waals surface area contributed by atoms with Crippen LogP contribution in [0.4, 0.5) is 11.4 Å². The van der Waals surface area contributed by atoms with Gasteiger partial charge >= 0.3 is 0 Å². The van der Waals surface area contributed by atoms with Gasteiger partial charge in [0.2, 0.25) is 0 Å². The number of nitrogens with one attached hydrogen (secondary N) is 1. The van der Waals surface area contributed by atoms with Gasteiger partial charge in [-0.05, 0) is 74.4 Å². The second-order valence-electron chi connectivity index (χ2n) is 8.84. The molecule has 170 valence electrons. The van der Waals surface area contributed by atoms with Gasteiger partial charge in [-0.25, -0.2) is 0 Å². The van der Waals surface area contributed by atoms with E-state index in [1.54, 1.807) is 18.2 Å². The summed E-state index contributed by atoms with van der Waals surface area (Å²) in [5, 5.41) is 3.64. The van der Waals surface area contributed by atoms with Crippen molar-refractivity contribution in [2.24, 2.45) is 5.92 Å². The van der Waals surface area contributed by atoms with Crippen LogP contribution in [0.25, 0.3) is 0 Å². The molecule has 0 aliphatic carbocycles. The molecule has 32 heavy (non-hydrogen) atoms. The molecular formula is C25H29Cl2N3O2. The maximum atomic E-state index is 13.5. The minimum atomic E-state index is -0.292. The lowest BCUT2D eigenvalue weighted by Gasteiger charge is -2.34. The van der Waals surface area contributed by atoms with Crippen molar-refractivity contribution < 1.29 is 9.59 Å². The Balaban J connectivity index is 1.61. The number of rotatable bonds is 4. The van der Waals surface area contributed by atoms with Gasteiger partial charge in [-0.1, -0.05) is 30.1 Å². The quantitative estimate of drug-likeness (QED) is 0.582. The molecule has 2 aliphatic heterocycles. The van der Waals surface area contributed by atoms with E-state index in [1.807, 2.05) is 23.1 Å². The highest BCUT2D eigenvalue weighted by molar-refractivity contribution is 6.42. The van der Waals surface area contributed by atoms with Gasteiger partial charge in [-0.3, -0.25) is 9.59 Å². The first-order valence-electron chi connectivity index (χ1n) is 11.4. The zero-order chi connectivity index (χ0) is 22.7. The molecule has 0 spiro atoms. The number of carbonyl (C=O) groups excluding carboxylic acids is 2. The Morgan fingerprint density at radius 2 is 1.62 bits per heavy atom. The lowest BCUT2D eigenvalue weighted by atomic mass is 9.98. The zero-order valence-electron chi connectivity index (χ0n) is 18.4. The molecule has 2 fully saturated rings. The molecular weight excluding hydrogens is 445 g/mol. The highest BCUT2D eigenvalue weighted by Gasteiger charge is 2.26. The third-order valence-corrected chi connectivity index (χ3v) is 7.17. The summed E-state index contributed by atoms with van der Waals surface area (Å²) in [6, 6.07) is 10.4. The molecule has 0 aromatic heterocycles. The first-order chi connectivity index (χ1) is 15.4. The van der Waals surface area contributed by atoms with Crippen molar-refractivity contribution in [1.29, 1.82) is 0 Å². The SMILES string of the molecule is CC1CCN(C(=O)c2cc(NC(=O)c3ccc(Cl)c(Cl)c3)ccc2N2CCCCC2)CC1. The van der Waals surface area contributed by atoms with Gasteiger partial charge in [0.25, 0.3) is 11.8 Å². The predicted molar refractivity (Wildman–Crippen MR) is 131 cm³/mol. The minimum Gasteiger partial charge on any atom is -0.371 e. The van der Waals surface area contributed by atoms with Crippen LogP contribution in [0.2, 0.25) is 10.0 Å². The lowest BCUT2D eigenvalue weighted by Crippen LogP contribution is -2.39. The van der Waals surface area contributed by atoms with Crippen LogP contribution in [0.15, 0.2) is 36.4 Å². The van der Waals surface area contributed by atoms with Crippen molar-refractivity contribution in [2.75, 3.05) is 36.4 Å². The Bertz CT molecular complexity index is 997. The highest BCUT2D eigenvalue weighted by Crippen LogP contribution is 2.30. The maximum Gasteiger partial charge on any atom is 0.256 e. The highest BCUT2D eigenvalue weighted by atomic mass is 35.5. The Morgan fingerprint density at radius 3 is 2.31 bits per heavy atom. The van der Waals surface area contributed by atoms with Crippen LogP contribution in [-0.4, -0.2) is 42.9 Å². The Morgan fingerprint density at radius 1 is 0.906 bits per heavy atom. The number of likely N-dealkylation sites (tertiary alicyclic amines) is 1. The van der Waals surface area contributed by atoms with Crippen molar-refractivity contribution in [2.45, 2.75) is 39.0 Å². The summed E-state index contributed by atoms with van der Waals surface area (Å²) in [4.78, 5) is 30.5. The number of halogens is 2. The first-order valence-corrected chi connectivity index (χ1v) is 12.1. The number of amides is 2. The number of nitrogens with zero attached hydrogens (tertiary/aromatic N) is 2. The van der Waals surface area contributed by atoms with E-state index in [2.05, 4.69) is 17.1 Å². The van der Waals surface area contributed by atoms with Gasteiger partial charge in [-0.15, -0.1) is 0 Å². The van der Waals surface area contributed by atoms with Gasteiger partial charge in [0.1, 0.15) is 0 Å². The van der Waals surface area contributed by atoms with Crippen molar-refractivity contribution in [3.63, 3.8) is 0 Å². The summed E-state index contributed by atoms with van der Waals surface area (Å²) in [6.45, 7) is 5.69. The minimum absolute atomic E-state index is 0.0445. The fourth-order valence-corrected chi connectivity index (χ4v) is 4.72. The summed E-state index contributed by atoms with van der Waals surface area (Å²) in [6.07, 6.45) is 5.54. The van der Waals surface area contributed by atoms with Crippen LogP contribution >= 0.6 is 23.2 Å². The molecule has 0 radical (unpaired) electrons. The monoisotopic (exact) mass is 473 g/mol. The van der Waals surface area contributed by atoms with E-state index in [0.29, 0.717) is 32.8 Å². The van der Waals surface area contributed by atoms with E-state index < -0.39 is 0 Å². The first kappa shape index (κ1) is 22.9. The van der Waals surface area contributed by atoms with Crippen LogP contribution < -0.4 is 10.2 Å². The summed E-state index contributed by atoms with van der Waals surface area (Å²) in [5.74, 6) is 0.403. The normalized spacial score (nSPS) is 17.3. The maximum absolute atomic E-state index is 13.5. The Labute approximate surface area is 199 Å². The fourth-order valence-electron chi connectivity index (χ4n) is 4.42. The van der Waals surface area contributed by atoms with Crippen LogP contribution in [0.3, 0.4) is 0 Å². The van der Waals surface area contributed by atoms with Crippen LogP contribution in [0.5, 0.6) is 0 Å². The number of hydrogen-bond acceptors (Lipinski definition) is 3. The van der Waals surface area contributed by atoms with Crippen molar-refractivity contribution in [3.8, 4) is 0 Å². The molecule has 0 saturated carbocycles. The second kappa shape index (κ2) is 10.1. The number of benzene rings is 2. The van der Waals surface area contributed by atoms with E-state index in [0.717, 1.165) is 57.5 Å². The van der Waals surface area contributed by atoms with Gasteiger partial charge in [0.15, 0.2) is 0 Å². The molecule has 5 nitrogen and oxygen atoms in total. The van der Waals surface area contributed by atoms with E-state index in [-0.39, 0.29) is 11.8 Å². The van der Waals surface area contributed by atoms with E-state index in [4.69, 9.17) is 23.2 Å². The molecule has 2 amide bonds. The molecule has 2 aromatic rings. The summed E-state index contributed by atoms with van der Waals surface area (Å²) >= 11 is 12.0. The fraction of sp³-hybridized carbons (Fsp3) is 0.440. The van der Waals surface area contributed by atoms with Gasteiger partial charge in [0, 0.05) is 43.1 Å². The number of hydrogen-bond donors (Lipinski definition) is 1. The van der Waals surface area contributed by atoms with Crippen LogP contribution in [0.1, 0.15) is 59.7 Å². The molecule has 2 heterocycles. The smallest absolute Gasteiger partial charge is 0.256 e. The molecule has 1 N–H and O–H groups in total. The molecule has 4 rings (SSSR count). The average Bonchev–Trinajstić information content (AvgIpc) is 2.81. The van der Waals surface area contributed by atoms with Crippen molar-refractivity contribution in [3.05, 3.63) is 57.6 Å². The topological polar surface area (TPSA) is 52.7 Å². The summed E-state index contributed by atoms with van der Waals surface area (Å²) in [7, 11) is 0. The second-order valence-corrected chi connectivity index (χ2v) is 9.65. The van der Waals surface area contributed by atoms with Gasteiger partial charge in [-0.2, -0.15) is 0 Å². The third-order valence-electron chi connectivity index (χ3n) is 6.43. The predicted octanol–water partition coefficient (Wildman–Crippen LogP) is 6.11. The molecule has 0 bridgehead atoms. The van der Waals surface area contributed by atoms with E-state index in [9.17, 15) is 9.59 Å². The van der Waals surface area contributed by atoms with Crippen LogP contribution in [0, 0.1) is 5.92 Å². The zero-order valence-corrected chi connectivity index (χ0v) is 19.9. The average molecular weight is 474 g/mol. The largest absolute Gasteiger partial charge is 0.371 e. The summed E-state index contributed by atoms with van der Waals surface area (Å²) in [5.41, 5.74) is 2.63. The van der Waals surface area contributed by atoms with Crippen LogP contribution in [-0.2, 0) is 0 Å². The molecule has 2 aliphatic rings. The van der Waals surface area contributed by atoms with Gasteiger partial charge < -0.3 is 15.1 Å². The third kappa shape index (κ3) is 5.21. The van der Waals surface area contributed by atoms with Crippen molar-refractivity contribution >= 4 is 46.4 Å². The lowest BCUT2D eigenvalue weighted by molar-refractivity contribution is 0.0697. The number of anilines is 2. The standard InChI is InChI=1S/C25H29Cl2N3O2/c1-17-9-13-30(14-10-17)25(32)20-16-19(6-8-23(20)29-11-3-2-4-12-29)28-24(31)18-5-7-21(26)22(27)15-18/h5-8,15-17H,2-4,9-14H2,1H3,(H,28,31). The molecule has 2 saturated heterocycles. The van der Waals surface area contributed by atoms with E-state index >= 15 is 0 Å². The number of carbonyl (C=O) groups is 2. The Kier molecular flexibility index (Phi) is 7.27. The van der Waals surface area contributed by atoms with E-state index in [1.165, 1.54) is 6.42 Å². The molecule has 2 aromatic carbocycles. The molecule has 0 atom stereocenters. The summed E-state index contributed by atoms with van der Waals surface area (Å²) < 4.78 is 0. The molecule has 7 heteroatoms. The Hall–Kier alpha value is -2.24. The number of piperidine rings is 2.